The fraction of sp³-hybridized carbons (Fsp3) is 0.357. The van der Waals surface area contributed by atoms with Crippen molar-refractivity contribution in [2.24, 2.45) is 0 Å². The highest BCUT2D eigenvalue weighted by molar-refractivity contribution is 6.30. The maximum Gasteiger partial charge on any atom is 0.343 e. The lowest BCUT2D eigenvalue weighted by molar-refractivity contribution is 0.0301. The number of amides is 1. The molecule has 0 bridgehead atoms. The van der Waals surface area contributed by atoms with E-state index >= 15 is 0 Å². The Bertz CT molecular complexity index is 1730. The van der Waals surface area contributed by atoms with Gasteiger partial charge in [0, 0.05) is 38.6 Å². The van der Waals surface area contributed by atoms with Crippen molar-refractivity contribution in [3.63, 3.8) is 0 Å². The summed E-state index contributed by atoms with van der Waals surface area (Å²) in [5.74, 6) is -0.880. The number of aromatic nitrogens is 4. The Balaban J connectivity index is 0.000000191. The number of hydrogen-bond donors (Lipinski definition) is 0. The van der Waals surface area contributed by atoms with Gasteiger partial charge in [-0.3, -0.25) is 14.4 Å². The van der Waals surface area contributed by atoms with Gasteiger partial charge in [0.1, 0.15) is 21.4 Å². The van der Waals surface area contributed by atoms with Crippen LogP contribution in [0.15, 0.2) is 46.5 Å². The molecule has 1 fully saturated rings. The van der Waals surface area contributed by atoms with Crippen LogP contribution >= 0.6 is 23.2 Å². The van der Waals surface area contributed by atoms with Crippen molar-refractivity contribution >= 4 is 56.9 Å². The molecule has 0 N–H and O–H groups in total. The van der Waals surface area contributed by atoms with E-state index in [9.17, 15) is 19.2 Å². The van der Waals surface area contributed by atoms with Gasteiger partial charge >= 0.3 is 5.97 Å². The minimum Gasteiger partial charge on any atom is -0.462 e. The van der Waals surface area contributed by atoms with Gasteiger partial charge in [-0.15, -0.1) is 0 Å². The van der Waals surface area contributed by atoms with E-state index in [0.29, 0.717) is 61.2 Å². The summed E-state index contributed by atoms with van der Waals surface area (Å²) in [6.07, 6.45) is 6.19. The lowest BCUT2D eigenvalue weighted by Gasteiger charge is -2.27. The molecule has 4 aromatic rings. The first-order valence-electron chi connectivity index (χ1n) is 13.1. The first-order chi connectivity index (χ1) is 19.7. The van der Waals surface area contributed by atoms with E-state index in [0.717, 1.165) is 0 Å². The number of pyridine rings is 4. The summed E-state index contributed by atoms with van der Waals surface area (Å²) in [5, 5.41) is 1.24. The lowest BCUT2D eigenvalue weighted by Crippen LogP contribution is -2.42. The molecule has 0 unspecified atom stereocenters. The first kappa shape index (κ1) is 30.2. The van der Waals surface area contributed by atoms with Crippen molar-refractivity contribution in [3.8, 4) is 0 Å². The summed E-state index contributed by atoms with van der Waals surface area (Å²) in [4.78, 5) is 58.9. The number of hydrogen-bond acceptors (Lipinski definition) is 8. The molecular weight excluding hydrogens is 573 g/mol. The summed E-state index contributed by atoms with van der Waals surface area (Å²) in [5.41, 5.74) is 0.806. The van der Waals surface area contributed by atoms with Crippen LogP contribution in [0.4, 0.5) is 0 Å². The number of nitrogens with zero attached hydrogens (tertiary/aromatic N) is 5. The smallest absolute Gasteiger partial charge is 0.343 e. The largest absolute Gasteiger partial charge is 0.462 e. The number of aryl methyl sites for hydroxylation is 2. The molecule has 0 spiro atoms. The lowest BCUT2D eigenvalue weighted by atomic mass is 10.1. The van der Waals surface area contributed by atoms with Crippen LogP contribution in [0, 0.1) is 0 Å². The standard InChI is InChI=1S/C15H16ClN3O3.C13H13ClN2O3/c1-2-18-9-11(15(21)19-3-5-22-6-4-19)14(20)10-7-13(16)17-8-12(10)18;1-3-16-7-9(13(18)19-4-2)12(17)8-5-11(14)15-6-10(8)16/h7-9H,2-6H2,1H3;5-7H,3-4H2,1-2H3. The molecule has 11 nitrogen and oxygen atoms in total. The van der Waals surface area contributed by atoms with Crippen LogP contribution in [0.1, 0.15) is 41.5 Å². The molecule has 0 aliphatic carbocycles. The average Bonchev–Trinajstić information content (AvgIpc) is 2.98. The highest BCUT2D eigenvalue weighted by Gasteiger charge is 2.23. The van der Waals surface area contributed by atoms with Crippen molar-refractivity contribution in [1.82, 2.24) is 24.0 Å². The fourth-order valence-electron chi connectivity index (χ4n) is 4.49. The topological polar surface area (TPSA) is 126 Å². The number of morpholine rings is 1. The fourth-order valence-corrected chi connectivity index (χ4v) is 4.81. The molecule has 1 amide bonds. The van der Waals surface area contributed by atoms with E-state index in [-0.39, 0.29) is 44.8 Å². The molecular formula is C28H29Cl2N5O6. The molecule has 1 aliphatic heterocycles. The second-order valence-electron chi connectivity index (χ2n) is 8.99. The molecule has 13 heteroatoms. The van der Waals surface area contributed by atoms with Crippen LogP contribution in [0.2, 0.25) is 10.3 Å². The molecule has 0 radical (unpaired) electrons. The Labute approximate surface area is 245 Å². The van der Waals surface area contributed by atoms with Gasteiger partial charge in [-0.05, 0) is 32.9 Å². The van der Waals surface area contributed by atoms with Gasteiger partial charge in [0.25, 0.3) is 5.91 Å². The summed E-state index contributed by atoms with van der Waals surface area (Å²) in [6, 6.07) is 2.98. The van der Waals surface area contributed by atoms with Crippen LogP contribution in [0.3, 0.4) is 0 Å². The third kappa shape index (κ3) is 6.42. The second kappa shape index (κ2) is 13.2. The van der Waals surface area contributed by atoms with Gasteiger partial charge in [0.2, 0.25) is 10.9 Å². The van der Waals surface area contributed by atoms with Crippen LogP contribution < -0.4 is 10.9 Å². The summed E-state index contributed by atoms with van der Waals surface area (Å²) in [6.45, 7) is 9.00. The van der Waals surface area contributed by atoms with Crippen molar-refractivity contribution in [2.45, 2.75) is 33.9 Å². The van der Waals surface area contributed by atoms with Crippen molar-refractivity contribution < 1.29 is 19.1 Å². The zero-order chi connectivity index (χ0) is 29.7. The molecule has 216 valence electrons. The Hall–Kier alpha value is -3.80. The van der Waals surface area contributed by atoms with Crippen LogP contribution in [-0.4, -0.2) is 68.8 Å². The predicted molar refractivity (Wildman–Crippen MR) is 156 cm³/mol. The number of halogens is 2. The van der Waals surface area contributed by atoms with Crippen LogP contribution in [0.25, 0.3) is 21.8 Å². The maximum atomic E-state index is 12.7. The minimum atomic E-state index is -0.621. The number of rotatable bonds is 5. The summed E-state index contributed by atoms with van der Waals surface area (Å²) < 4.78 is 13.7. The predicted octanol–water partition coefficient (Wildman–Crippen LogP) is 3.79. The molecule has 41 heavy (non-hydrogen) atoms. The number of esters is 1. The number of fused-ring (bicyclic) bond motifs is 2. The van der Waals surface area contributed by atoms with E-state index in [1.807, 2.05) is 18.4 Å². The molecule has 0 aromatic carbocycles. The van der Waals surface area contributed by atoms with Gasteiger partial charge < -0.3 is 23.5 Å². The van der Waals surface area contributed by atoms with E-state index in [2.05, 4.69) is 9.97 Å². The van der Waals surface area contributed by atoms with E-state index < -0.39 is 5.97 Å². The highest BCUT2D eigenvalue weighted by Crippen LogP contribution is 2.17. The quantitative estimate of drug-likeness (QED) is 0.250. The van der Waals surface area contributed by atoms with Crippen LogP contribution in [0.5, 0.6) is 0 Å². The Morgan fingerprint density at radius 3 is 1.83 bits per heavy atom. The average molecular weight is 602 g/mol. The van der Waals surface area contributed by atoms with Gasteiger partial charge in [0.15, 0.2) is 0 Å². The highest BCUT2D eigenvalue weighted by atomic mass is 35.5. The zero-order valence-electron chi connectivity index (χ0n) is 22.9. The molecule has 0 saturated carbocycles. The third-order valence-electron chi connectivity index (χ3n) is 6.57. The number of ether oxygens (including phenoxy) is 2. The number of carbonyl (C=O) groups is 2. The van der Waals surface area contributed by atoms with Gasteiger partial charge in [-0.2, -0.15) is 0 Å². The molecule has 5 rings (SSSR count). The number of carbonyl (C=O) groups excluding carboxylic acids is 2. The third-order valence-corrected chi connectivity index (χ3v) is 6.99. The Kier molecular flexibility index (Phi) is 9.74. The van der Waals surface area contributed by atoms with Crippen molar-refractivity contribution in [3.05, 3.63) is 78.8 Å². The molecule has 0 atom stereocenters. The summed E-state index contributed by atoms with van der Waals surface area (Å²) in [7, 11) is 0. The SMILES string of the molecule is CCOC(=O)c1cn(CC)c2cnc(Cl)cc2c1=O.CCn1cc(C(=O)N2CCOCC2)c(=O)c2cc(Cl)ncc21. The normalized spacial score (nSPS) is 13.1. The van der Waals surface area contributed by atoms with Crippen LogP contribution in [-0.2, 0) is 22.6 Å². The van der Waals surface area contributed by atoms with Gasteiger partial charge in [0.05, 0.1) is 54.0 Å². The molecule has 5 heterocycles. The van der Waals surface area contributed by atoms with Crippen molar-refractivity contribution in [1.29, 1.82) is 0 Å². The Morgan fingerprint density at radius 1 is 0.854 bits per heavy atom. The monoisotopic (exact) mass is 601 g/mol. The minimum absolute atomic E-state index is 0.0125. The van der Waals surface area contributed by atoms with Crippen molar-refractivity contribution in [2.75, 3.05) is 32.9 Å². The zero-order valence-corrected chi connectivity index (χ0v) is 24.4. The van der Waals surface area contributed by atoms with E-state index in [1.54, 1.807) is 28.8 Å². The van der Waals surface area contributed by atoms with E-state index in [1.165, 1.54) is 24.5 Å². The molecule has 1 aliphatic rings. The summed E-state index contributed by atoms with van der Waals surface area (Å²) >= 11 is 11.7. The van der Waals surface area contributed by atoms with Gasteiger partial charge in [-0.1, -0.05) is 23.2 Å². The molecule has 1 saturated heterocycles. The Morgan fingerprint density at radius 2 is 1.34 bits per heavy atom. The first-order valence-corrected chi connectivity index (χ1v) is 13.9. The van der Waals surface area contributed by atoms with E-state index in [4.69, 9.17) is 32.7 Å². The maximum absolute atomic E-state index is 12.7. The molecule has 4 aromatic heterocycles. The van der Waals surface area contributed by atoms with Gasteiger partial charge in [-0.25, -0.2) is 14.8 Å². The second-order valence-corrected chi connectivity index (χ2v) is 9.76.